The first-order valence-electron chi connectivity index (χ1n) is 4.71. The molecule has 3 nitrogen and oxygen atoms in total. The zero-order valence-electron chi connectivity index (χ0n) is 7.83. The summed E-state index contributed by atoms with van der Waals surface area (Å²) in [5, 5.41) is 12.1. The van der Waals surface area contributed by atoms with E-state index in [1.165, 1.54) is 6.07 Å². The first-order valence-corrected chi connectivity index (χ1v) is 4.71. The molecular weight excluding hydrogens is 183 g/mol. The molecule has 76 valence electrons. The molecule has 0 spiro atoms. The van der Waals surface area contributed by atoms with Crippen molar-refractivity contribution in [3.8, 4) is 0 Å². The van der Waals surface area contributed by atoms with E-state index in [2.05, 4.69) is 10.3 Å². The molecule has 1 saturated carbocycles. The highest BCUT2D eigenvalue weighted by Crippen LogP contribution is 2.44. The minimum Gasteiger partial charge on any atom is -0.396 e. The lowest BCUT2D eigenvalue weighted by atomic mass is 10.1. The van der Waals surface area contributed by atoms with E-state index in [0.29, 0.717) is 12.4 Å². The molecule has 0 bridgehead atoms. The van der Waals surface area contributed by atoms with Gasteiger partial charge in [-0.2, -0.15) is 4.39 Å². The fourth-order valence-corrected chi connectivity index (χ4v) is 1.35. The first kappa shape index (κ1) is 9.40. The van der Waals surface area contributed by atoms with Crippen LogP contribution in [-0.2, 0) is 0 Å². The van der Waals surface area contributed by atoms with Gasteiger partial charge in [-0.1, -0.05) is 6.07 Å². The Kier molecular flexibility index (Phi) is 2.37. The maximum atomic E-state index is 12.7. The second kappa shape index (κ2) is 3.53. The Morgan fingerprint density at radius 2 is 2.29 bits per heavy atom. The molecule has 0 aromatic carbocycles. The molecule has 1 aliphatic rings. The molecule has 1 fully saturated rings. The van der Waals surface area contributed by atoms with Crippen molar-refractivity contribution >= 4 is 5.82 Å². The number of nitrogens with one attached hydrogen (secondary N) is 1. The zero-order valence-corrected chi connectivity index (χ0v) is 7.83. The number of anilines is 1. The molecule has 0 radical (unpaired) electrons. The van der Waals surface area contributed by atoms with Gasteiger partial charge in [-0.15, -0.1) is 0 Å². The number of rotatable bonds is 4. The average molecular weight is 196 g/mol. The fraction of sp³-hybridized carbons (Fsp3) is 0.500. The van der Waals surface area contributed by atoms with Crippen LogP contribution in [0, 0.1) is 11.4 Å². The SMILES string of the molecule is OCC1(CNc2cccc(F)n2)CC1. The van der Waals surface area contributed by atoms with Gasteiger partial charge in [0.2, 0.25) is 5.95 Å². The quantitative estimate of drug-likeness (QED) is 0.715. The molecule has 0 amide bonds. The van der Waals surface area contributed by atoms with Gasteiger partial charge in [0.15, 0.2) is 0 Å². The van der Waals surface area contributed by atoms with Crippen LogP contribution in [0.2, 0.25) is 0 Å². The molecule has 0 unspecified atom stereocenters. The standard InChI is InChI=1S/C10H13FN2O/c11-8-2-1-3-9(13-8)12-6-10(7-14)4-5-10/h1-3,14H,4-7H2,(H,12,13). The Hall–Kier alpha value is -1.16. The maximum Gasteiger partial charge on any atom is 0.214 e. The Morgan fingerprint density at radius 1 is 1.50 bits per heavy atom. The van der Waals surface area contributed by atoms with E-state index in [0.717, 1.165) is 12.8 Å². The van der Waals surface area contributed by atoms with Gasteiger partial charge in [0.25, 0.3) is 0 Å². The molecule has 0 saturated heterocycles. The fourth-order valence-electron chi connectivity index (χ4n) is 1.35. The van der Waals surface area contributed by atoms with Crippen molar-refractivity contribution in [1.82, 2.24) is 4.98 Å². The highest BCUT2D eigenvalue weighted by Gasteiger charge is 2.41. The van der Waals surface area contributed by atoms with E-state index < -0.39 is 5.95 Å². The highest BCUT2D eigenvalue weighted by molar-refractivity contribution is 5.34. The van der Waals surface area contributed by atoms with Gasteiger partial charge in [0.05, 0.1) is 6.61 Å². The number of pyridine rings is 1. The van der Waals surface area contributed by atoms with Gasteiger partial charge >= 0.3 is 0 Å². The summed E-state index contributed by atoms with van der Waals surface area (Å²) in [5.41, 5.74) is 0.0218. The smallest absolute Gasteiger partial charge is 0.214 e. The number of aliphatic hydroxyl groups is 1. The predicted octanol–water partition coefficient (Wildman–Crippen LogP) is 1.41. The van der Waals surface area contributed by atoms with Crippen molar-refractivity contribution < 1.29 is 9.50 Å². The molecule has 0 atom stereocenters. The van der Waals surface area contributed by atoms with Crippen molar-refractivity contribution in [3.05, 3.63) is 24.1 Å². The average Bonchev–Trinajstić information content (AvgIpc) is 2.96. The lowest BCUT2D eigenvalue weighted by Crippen LogP contribution is -2.19. The minimum absolute atomic E-state index is 0.0218. The van der Waals surface area contributed by atoms with Crippen LogP contribution in [0.25, 0.3) is 0 Å². The Balaban J connectivity index is 1.92. The molecule has 1 aromatic rings. The van der Waals surface area contributed by atoms with Crippen LogP contribution in [0.3, 0.4) is 0 Å². The molecule has 2 rings (SSSR count). The van der Waals surface area contributed by atoms with Crippen LogP contribution in [0.4, 0.5) is 10.2 Å². The van der Waals surface area contributed by atoms with Gasteiger partial charge in [-0.25, -0.2) is 4.98 Å². The second-order valence-corrected chi connectivity index (χ2v) is 3.86. The van der Waals surface area contributed by atoms with E-state index >= 15 is 0 Å². The number of nitrogens with zero attached hydrogens (tertiary/aromatic N) is 1. The largest absolute Gasteiger partial charge is 0.396 e. The van der Waals surface area contributed by atoms with Crippen molar-refractivity contribution in [2.75, 3.05) is 18.5 Å². The Morgan fingerprint density at radius 3 is 2.86 bits per heavy atom. The van der Waals surface area contributed by atoms with Crippen molar-refractivity contribution in [2.45, 2.75) is 12.8 Å². The summed E-state index contributed by atoms with van der Waals surface area (Å²) in [6, 6.07) is 4.64. The third-order valence-corrected chi connectivity index (χ3v) is 2.65. The summed E-state index contributed by atoms with van der Waals surface area (Å²) in [5.74, 6) is 0.0496. The molecule has 2 N–H and O–H groups in total. The molecule has 1 aliphatic carbocycles. The van der Waals surface area contributed by atoms with Crippen LogP contribution in [0.15, 0.2) is 18.2 Å². The van der Waals surface area contributed by atoms with Gasteiger partial charge in [-0.05, 0) is 25.0 Å². The zero-order chi connectivity index (χ0) is 10.0. The number of hydrogen-bond acceptors (Lipinski definition) is 3. The molecule has 0 aliphatic heterocycles. The van der Waals surface area contributed by atoms with E-state index in [9.17, 15) is 4.39 Å². The van der Waals surface area contributed by atoms with Crippen LogP contribution >= 0.6 is 0 Å². The number of aromatic nitrogens is 1. The van der Waals surface area contributed by atoms with E-state index in [1.54, 1.807) is 12.1 Å². The van der Waals surface area contributed by atoms with Gasteiger partial charge in [0, 0.05) is 12.0 Å². The number of hydrogen-bond donors (Lipinski definition) is 2. The van der Waals surface area contributed by atoms with E-state index in [4.69, 9.17) is 5.11 Å². The monoisotopic (exact) mass is 196 g/mol. The van der Waals surface area contributed by atoms with Crippen LogP contribution in [-0.4, -0.2) is 23.2 Å². The van der Waals surface area contributed by atoms with Crippen LogP contribution in [0.5, 0.6) is 0 Å². The van der Waals surface area contributed by atoms with E-state index in [1.807, 2.05) is 0 Å². The predicted molar refractivity (Wildman–Crippen MR) is 51.4 cm³/mol. The van der Waals surface area contributed by atoms with Gasteiger partial charge < -0.3 is 10.4 Å². The van der Waals surface area contributed by atoms with Gasteiger partial charge in [0.1, 0.15) is 5.82 Å². The first-order chi connectivity index (χ1) is 6.74. The maximum absolute atomic E-state index is 12.7. The van der Waals surface area contributed by atoms with Gasteiger partial charge in [-0.3, -0.25) is 0 Å². The van der Waals surface area contributed by atoms with Crippen LogP contribution in [0.1, 0.15) is 12.8 Å². The summed E-state index contributed by atoms with van der Waals surface area (Å²) in [6.07, 6.45) is 2.07. The lowest BCUT2D eigenvalue weighted by molar-refractivity contribution is 0.219. The van der Waals surface area contributed by atoms with Crippen molar-refractivity contribution in [3.63, 3.8) is 0 Å². The summed E-state index contributed by atoms with van der Waals surface area (Å²) in [4.78, 5) is 3.68. The van der Waals surface area contributed by atoms with Crippen molar-refractivity contribution in [1.29, 1.82) is 0 Å². The molecule has 4 heteroatoms. The summed E-state index contributed by atoms with van der Waals surface area (Å²) in [6.45, 7) is 0.856. The Bertz CT molecular complexity index is 326. The summed E-state index contributed by atoms with van der Waals surface area (Å²) in [7, 11) is 0. The van der Waals surface area contributed by atoms with E-state index in [-0.39, 0.29) is 12.0 Å². The Labute approximate surface area is 82.0 Å². The summed E-state index contributed by atoms with van der Waals surface area (Å²) >= 11 is 0. The molecular formula is C10H13FN2O. The number of halogens is 1. The summed E-state index contributed by atoms with van der Waals surface area (Å²) < 4.78 is 12.7. The van der Waals surface area contributed by atoms with Crippen LogP contribution < -0.4 is 5.32 Å². The van der Waals surface area contributed by atoms with Crippen molar-refractivity contribution in [2.24, 2.45) is 5.41 Å². The third kappa shape index (κ3) is 2.01. The second-order valence-electron chi connectivity index (χ2n) is 3.86. The molecule has 1 heterocycles. The minimum atomic E-state index is -0.483. The highest BCUT2D eigenvalue weighted by atomic mass is 19.1. The lowest BCUT2D eigenvalue weighted by Gasteiger charge is -2.12. The third-order valence-electron chi connectivity index (χ3n) is 2.65. The normalized spacial score (nSPS) is 17.9. The molecule has 14 heavy (non-hydrogen) atoms. The molecule has 1 aromatic heterocycles. The number of aliphatic hydroxyl groups excluding tert-OH is 1. The topological polar surface area (TPSA) is 45.1 Å².